The monoisotopic (exact) mass is 268 g/mol. The molecule has 19 heavy (non-hydrogen) atoms. The second-order valence-corrected chi connectivity index (χ2v) is 4.20. The number of oxime groups is 1. The van der Waals surface area contributed by atoms with Crippen molar-refractivity contribution in [3.63, 3.8) is 0 Å². The first kappa shape index (κ1) is 15.4. The highest BCUT2D eigenvalue weighted by Crippen LogP contribution is 2.20. The summed E-state index contributed by atoms with van der Waals surface area (Å²) in [5, 5.41) is 11.9. The van der Waals surface area contributed by atoms with Gasteiger partial charge in [-0.05, 0) is 32.1 Å². The summed E-state index contributed by atoms with van der Waals surface area (Å²) >= 11 is 0. The first-order chi connectivity index (χ1) is 9.12. The molecule has 1 rings (SSSR count). The normalized spacial score (nSPS) is 11.9. The summed E-state index contributed by atoms with van der Waals surface area (Å²) in [5.41, 5.74) is 1.00. The summed E-state index contributed by atoms with van der Waals surface area (Å²) in [6.45, 7) is 8.96. The third-order valence-corrected chi connectivity index (χ3v) is 3.04. The van der Waals surface area contributed by atoms with Crippen LogP contribution < -0.4 is 4.74 Å². The highest BCUT2D eigenvalue weighted by Gasteiger charge is 2.09. The molecule has 0 heterocycles. The van der Waals surface area contributed by atoms with Gasteiger partial charge in [-0.25, -0.2) is 4.39 Å². The number of rotatable bonds is 7. The van der Waals surface area contributed by atoms with Gasteiger partial charge in [0.2, 0.25) is 0 Å². The van der Waals surface area contributed by atoms with Gasteiger partial charge >= 0.3 is 0 Å². The number of hydrogen-bond acceptors (Lipinski definition) is 4. The lowest BCUT2D eigenvalue weighted by Crippen LogP contribution is -2.28. The van der Waals surface area contributed by atoms with E-state index in [2.05, 4.69) is 23.9 Å². The average Bonchev–Trinajstić information content (AvgIpc) is 2.43. The molecule has 0 saturated carbocycles. The highest BCUT2D eigenvalue weighted by molar-refractivity contribution is 6.00. The fraction of sp³-hybridized carbons (Fsp3) is 0.500. The summed E-state index contributed by atoms with van der Waals surface area (Å²) in [5.74, 6) is 0.0368. The van der Waals surface area contributed by atoms with Crippen molar-refractivity contribution in [1.29, 1.82) is 0 Å². The van der Waals surface area contributed by atoms with Crippen molar-refractivity contribution in [2.75, 3.05) is 26.2 Å². The average molecular weight is 268 g/mol. The Morgan fingerprint density at radius 1 is 1.37 bits per heavy atom. The van der Waals surface area contributed by atoms with Gasteiger partial charge in [-0.15, -0.1) is 0 Å². The third kappa shape index (κ3) is 4.52. The smallest absolute Gasteiger partial charge is 0.131 e. The van der Waals surface area contributed by atoms with Crippen LogP contribution >= 0.6 is 0 Å². The summed E-state index contributed by atoms with van der Waals surface area (Å²) in [4.78, 5) is 2.21. The van der Waals surface area contributed by atoms with Crippen molar-refractivity contribution in [3.05, 3.63) is 29.6 Å². The Morgan fingerprint density at radius 3 is 2.63 bits per heavy atom. The second-order valence-electron chi connectivity index (χ2n) is 4.20. The first-order valence-electron chi connectivity index (χ1n) is 6.46. The minimum absolute atomic E-state index is 0.368. The summed E-state index contributed by atoms with van der Waals surface area (Å²) < 4.78 is 18.8. The maximum atomic E-state index is 13.2. The molecular weight excluding hydrogens is 247 g/mol. The molecule has 0 amide bonds. The van der Waals surface area contributed by atoms with Crippen molar-refractivity contribution in [1.82, 2.24) is 4.90 Å². The van der Waals surface area contributed by atoms with Crippen molar-refractivity contribution in [2.45, 2.75) is 20.8 Å². The van der Waals surface area contributed by atoms with E-state index >= 15 is 0 Å². The van der Waals surface area contributed by atoms with Gasteiger partial charge < -0.3 is 14.8 Å². The molecule has 106 valence electrons. The lowest BCUT2D eigenvalue weighted by atomic mass is 10.1. The van der Waals surface area contributed by atoms with Gasteiger partial charge in [-0.3, -0.25) is 0 Å². The van der Waals surface area contributed by atoms with Crippen LogP contribution in [0.3, 0.4) is 0 Å². The predicted octanol–water partition coefficient (Wildman–Crippen LogP) is 2.74. The van der Waals surface area contributed by atoms with Crippen LogP contribution in [-0.4, -0.2) is 42.1 Å². The molecule has 0 aromatic heterocycles. The van der Waals surface area contributed by atoms with E-state index in [4.69, 9.17) is 9.94 Å². The quantitative estimate of drug-likeness (QED) is 0.470. The van der Waals surface area contributed by atoms with Gasteiger partial charge in [0.1, 0.15) is 18.2 Å². The van der Waals surface area contributed by atoms with Gasteiger partial charge in [0, 0.05) is 18.2 Å². The van der Waals surface area contributed by atoms with E-state index in [0.717, 1.165) is 19.6 Å². The van der Waals surface area contributed by atoms with E-state index < -0.39 is 0 Å². The molecule has 0 radical (unpaired) electrons. The molecule has 0 bridgehead atoms. The van der Waals surface area contributed by atoms with Crippen LogP contribution in [0.5, 0.6) is 5.75 Å². The van der Waals surface area contributed by atoms with Gasteiger partial charge in [-0.2, -0.15) is 0 Å². The molecule has 1 aromatic carbocycles. The van der Waals surface area contributed by atoms with Crippen LogP contribution in [0.15, 0.2) is 23.4 Å². The number of benzene rings is 1. The molecule has 0 fully saturated rings. The lowest BCUT2D eigenvalue weighted by molar-refractivity contribution is 0.222. The Balaban J connectivity index is 2.74. The minimum atomic E-state index is -0.368. The van der Waals surface area contributed by atoms with E-state index in [-0.39, 0.29) is 5.82 Å². The van der Waals surface area contributed by atoms with Crippen molar-refractivity contribution in [3.8, 4) is 5.75 Å². The zero-order chi connectivity index (χ0) is 14.3. The van der Waals surface area contributed by atoms with E-state index in [1.54, 1.807) is 13.0 Å². The molecule has 0 aliphatic rings. The Morgan fingerprint density at radius 2 is 2.05 bits per heavy atom. The minimum Gasteiger partial charge on any atom is -0.491 e. The number of ether oxygens (including phenoxy) is 1. The number of halogens is 1. The maximum Gasteiger partial charge on any atom is 0.131 e. The molecule has 0 saturated heterocycles. The topological polar surface area (TPSA) is 45.1 Å². The SMILES string of the molecule is CCN(CC)CCOc1cc(F)ccc1C(C)=NO. The van der Waals surface area contributed by atoms with E-state index in [9.17, 15) is 4.39 Å². The molecule has 0 aliphatic heterocycles. The predicted molar refractivity (Wildman–Crippen MR) is 73.7 cm³/mol. The highest BCUT2D eigenvalue weighted by atomic mass is 19.1. The molecule has 4 nitrogen and oxygen atoms in total. The molecule has 0 unspecified atom stereocenters. The van der Waals surface area contributed by atoms with Gasteiger partial charge in [0.15, 0.2) is 0 Å². The van der Waals surface area contributed by atoms with Crippen LogP contribution in [0.1, 0.15) is 26.3 Å². The van der Waals surface area contributed by atoms with Crippen molar-refractivity contribution in [2.24, 2.45) is 5.16 Å². The molecule has 0 aliphatic carbocycles. The Bertz CT molecular complexity index is 431. The molecule has 0 spiro atoms. The van der Waals surface area contributed by atoms with Crippen molar-refractivity contribution < 1.29 is 14.3 Å². The van der Waals surface area contributed by atoms with Gasteiger partial charge in [-0.1, -0.05) is 19.0 Å². The van der Waals surface area contributed by atoms with Crippen molar-refractivity contribution >= 4 is 5.71 Å². The molecule has 0 atom stereocenters. The van der Waals surface area contributed by atoms with Crippen LogP contribution in [0.2, 0.25) is 0 Å². The van der Waals surface area contributed by atoms with Gasteiger partial charge in [0.05, 0.1) is 5.71 Å². The first-order valence-corrected chi connectivity index (χ1v) is 6.46. The number of likely N-dealkylation sites (N-methyl/N-ethyl adjacent to an activating group) is 1. The Hall–Kier alpha value is -1.62. The van der Waals surface area contributed by atoms with Crippen LogP contribution in [-0.2, 0) is 0 Å². The van der Waals surface area contributed by atoms with Crippen LogP contribution in [0.4, 0.5) is 4.39 Å². The Labute approximate surface area is 113 Å². The van der Waals surface area contributed by atoms with E-state index in [1.807, 2.05) is 0 Å². The summed E-state index contributed by atoms with van der Waals surface area (Å²) in [6, 6.07) is 4.19. The molecule has 5 heteroatoms. The largest absolute Gasteiger partial charge is 0.491 e. The van der Waals surface area contributed by atoms with E-state index in [0.29, 0.717) is 23.6 Å². The zero-order valence-electron chi connectivity index (χ0n) is 11.7. The molecule has 1 aromatic rings. The van der Waals surface area contributed by atoms with Crippen LogP contribution in [0, 0.1) is 5.82 Å². The second kappa shape index (κ2) is 7.74. The zero-order valence-corrected chi connectivity index (χ0v) is 11.7. The van der Waals surface area contributed by atoms with E-state index in [1.165, 1.54) is 12.1 Å². The summed E-state index contributed by atoms with van der Waals surface area (Å²) in [6.07, 6.45) is 0. The molecule has 1 N–H and O–H groups in total. The number of hydrogen-bond donors (Lipinski definition) is 1. The third-order valence-electron chi connectivity index (χ3n) is 3.04. The fourth-order valence-electron chi connectivity index (χ4n) is 1.79. The van der Waals surface area contributed by atoms with Gasteiger partial charge in [0.25, 0.3) is 0 Å². The fourth-order valence-corrected chi connectivity index (χ4v) is 1.79. The lowest BCUT2D eigenvalue weighted by Gasteiger charge is -2.18. The Kier molecular flexibility index (Phi) is 6.29. The van der Waals surface area contributed by atoms with Crippen LogP contribution in [0.25, 0.3) is 0 Å². The summed E-state index contributed by atoms with van der Waals surface area (Å²) in [7, 11) is 0. The maximum absolute atomic E-state index is 13.2. The molecular formula is C14H21FN2O2. The standard InChI is InChI=1S/C14H21FN2O2/c1-4-17(5-2)8-9-19-14-10-12(15)6-7-13(14)11(3)16-18/h6-7,10,18H,4-5,8-9H2,1-3H3. The number of nitrogens with zero attached hydrogens (tertiary/aromatic N) is 2.